The molecule has 20 atom stereocenters. The first-order valence-electron chi connectivity index (χ1n) is 27.5. The highest BCUT2D eigenvalue weighted by molar-refractivity contribution is 6.00. The van der Waals surface area contributed by atoms with Crippen LogP contribution in [0.1, 0.15) is 58.8 Å². The lowest BCUT2D eigenvalue weighted by Gasteiger charge is -2.64. The maximum absolute atomic E-state index is 18.2. The van der Waals surface area contributed by atoms with Crippen molar-refractivity contribution in [3.63, 3.8) is 0 Å². The largest absolute Gasteiger partial charge is 0.496 e. The molecule has 16 nitrogen and oxygen atoms in total. The Balaban J connectivity index is 0.940. The normalized spacial score (nSPS) is 46.6. The van der Waals surface area contributed by atoms with Crippen LogP contribution in [0.5, 0.6) is 23.0 Å². The summed E-state index contributed by atoms with van der Waals surface area (Å²) in [6.45, 7) is -0.520. The highest BCUT2D eigenvalue weighted by Crippen LogP contribution is 2.95. The molecule has 10 heterocycles. The van der Waals surface area contributed by atoms with Crippen molar-refractivity contribution in [1.82, 2.24) is 9.80 Å². The van der Waals surface area contributed by atoms with E-state index in [-0.39, 0.29) is 12.8 Å². The van der Waals surface area contributed by atoms with Crippen LogP contribution in [0.15, 0.2) is 48.5 Å². The van der Waals surface area contributed by atoms with Gasteiger partial charge in [-0.05, 0) is 36.5 Å². The van der Waals surface area contributed by atoms with Gasteiger partial charge in [-0.2, -0.15) is 26.3 Å². The number of carbonyl (C=O) groups excluding carboxylic acids is 4. The molecule has 22 heteroatoms. The molecule has 4 aromatic rings. The van der Waals surface area contributed by atoms with Crippen molar-refractivity contribution in [2.45, 2.75) is 95.4 Å². The van der Waals surface area contributed by atoms with Gasteiger partial charge < -0.3 is 47.4 Å². The van der Waals surface area contributed by atoms with Gasteiger partial charge in [-0.1, -0.05) is 48.5 Å². The van der Waals surface area contributed by atoms with Crippen LogP contribution in [-0.2, 0) is 47.6 Å². The standard InChI is InChI=1S/C59H54F6N2O14/c1-72-40-20-13-9-10-14-21(20)41(73-2)29-25-17-24(28(29)40)32-33(25)53(49(69)77-6)37-36(52(32,80-53)48(68)76-5)44-56(58(60,61)62)46-38-39(47-57(56,59(63,64)65)45(37)66(44)19-67(46)47)55(51(71)79-8)35-27-18-26(34(35)54(38,81-55)50(70)78-7)30-31(27)43(75-4)23-16-12-11-15-22(23)42(30)74-3/h9-16,24-27,32-39,44-47H,17-19H2,1-8H3. The van der Waals surface area contributed by atoms with Crippen molar-refractivity contribution in [3.8, 4) is 23.0 Å². The van der Waals surface area contributed by atoms with E-state index in [0.29, 0.717) is 66.8 Å². The van der Waals surface area contributed by atoms with Gasteiger partial charge in [-0.3, -0.25) is 9.80 Å². The molecule has 4 aliphatic carbocycles. The van der Waals surface area contributed by atoms with Crippen LogP contribution in [0, 0.1) is 58.2 Å². The van der Waals surface area contributed by atoms with Crippen LogP contribution in [0.3, 0.4) is 0 Å². The van der Waals surface area contributed by atoms with Gasteiger partial charge in [0.05, 0.1) is 63.5 Å². The van der Waals surface area contributed by atoms with E-state index in [1.807, 2.05) is 24.3 Å². The zero-order valence-corrected chi connectivity index (χ0v) is 44.9. The quantitative estimate of drug-likeness (QED) is 0.103. The summed E-state index contributed by atoms with van der Waals surface area (Å²) in [5.74, 6) is -17.6. The number of alkyl halides is 6. The lowest BCUT2D eigenvalue weighted by molar-refractivity contribution is -0.364. The van der Waals surface area contributed by atoms with E-state index in [4.69, 9.17) is 47.4 Å². The summed E-state index contributed by atoms with van der Waals surface area (Å²) in [6, 6.07) is 5.63. The zero-order valence-electron chi connectivity index (χ0n) is 44.9. The Hall–Kier alpha value is -6.10. The first kappa shape index (κ1) is 49.5. The number of methoxy groups -OCH3 is 8. The van der Waals surface area contributed by atoms with Crippen molar-refractivity contribution in [1.29, 1.82) is 0 Å². The molecule has 10 aliphatic heterocycles. The summed E-state index contributed by atoms with van der Waals surface area (Å²) >= 11 is 0. The Kier molecular flexibility index (Phi) is 8.83. The number of fused-ring (bicyclic) bond motifs is 32. The first-order chi connectivity index (χ1) is 38.8. The zero-order chi connectivity index (χ0) is 56.5. The molecule has 81 heavy (non-hydrogen) atoms. The van der Waals surface area contributed by atoms with Gasteiger partial charge in [0.1, 0.15) is 33.8 Å². The highest BCUT2D eigenvalue weighted by atomic mass is 19.4. The number of halogens is 6. The van der Waals surface area contributed by atoms with E-state index >= 15 is 45.5 Å². The number of carbonyl (C=O) groups is 4. The van der Waals surface area contributed by atoms with Crippen molar-refractivity contribution < 1.29 is 92.9 Å². The van der Waals surface area contributed by atoms with Crippen molar-refractivity contribution in [2.24, 2.45) is 58.2 Å². The molecule has 10 saturated heterocycles. The van der Waals surface area contributed by atoms with Crippen LogP contribution < -0.4 is 18.9 Å². The van der Waals surface area contributed by atoms with Gasteiger partial charge >= 0.3 is 36.2 Å². The maximum atomic E-state index is 18.2. The lowest BCUT2D eigenvalue weighted by atomic mass is 9.35. The molecule has 0 radical (unpaired) electrons. The Morgan fingerprint density at radius 1 is 0.420 bits per heavy atom. The van der Waals surface area contributed by atoms with E-state index < -0.39 is 171 Å². The minimum atomic E-state index is -5.78. The maximum Gasteiger partial charge on any atom is 0.398 e. The van der Waals surface area contributed by atoms with Gasteiger partial charge in [0.2, 0.25) is 0 Å². The Labute approximate surface area is 457 Å². The van der Waals surface area contributed by atoms with Gasteiger partial charge in [-0.15, -0.1) is 0 Å². The van der Waals surface area contributed by atoms with Gasteiger partial charge in [-0.25, -0.2) is 19.2 Å². The third-order valence-corrected chi connectivity index (χ3v) is 24.2. The molecular weight excluding hydrogens is 1070 g/mol. The summed E-state index contributed by atoms with van der Waals surface area (Å²) in [5, 5.41) is 2.57. The summed E-state index contributed by atoms with van der Waals surface area (Å²) in [6.07, 6.45) is -11.1. The molecule has 2 saturated carbocycles. The summed E-state index contributed by atoms with van der Waals surface area (Å²) in [5.41, 5.74) is -15.3. The minimum Gasteiger partial charge on any atom is -0.496 e. The summed E-state index contributed by atoms with van der Waals surface area (Å²) in [4.78, 5) is 64.6. The smallest absolute Gasteiger partial charge is 0.398 e. The highest BCUT2D eigenvalue weighted by Gasteiger charge is 3.10. The average molecular weight is 1130 g/mol. The number of rotatable bonds is 8. The number of ether oxygens (including phenoxy) is 10. The fraction of sp³-hybridized carbons (Fsp3) is 0.593. The molecule has 14 aliphatic rings. The molecule has 0 aromatic heterocycles. The molecule has 18 rings (SSSR count). The fourth-order valence-electron chi connectivity index (χ4n) is 23.8. The molecular formula is C59H54F6N2O14. The molecule has 0 amide bonds. The van der Waals surface area contributed by atoms with Crippen LogP contribution in [0.4, 0.5) is 26.3 Å². The topological polar surface area (TPSA) is 167 Å². The monoisotopic (exact) mass is 1130 g/mol. The molecule has 426 valence electrons. The van der Waals surface area contributed by atoms with Crippen molar-refractivity contribution >= 4 is 45.4 Å². The third-order valence-electron chi connectivity index (χ3n) is 24.2. The molecule has 0 N–H and O–H groups in total. The lowest BCUT2D eigenvalue weighted by Crippen LogP contribution is -2.80. The Bertz CT molecular complexity index is 3230. The number of benzene rings is 4. The summed E-state index contributed by atoms with van der Waals surface area (Å²) < 4.78 is 171. The SMILES string of the molecule is COC(=O)C12OC(C(=O)OC)(C3C4CC(c5c4c(OC)c4ccccc4c5OC)C31)C1C2C2N3CN4C5C6C(C4C(C(F)(F)F)(C13)C25C(F)(F)F)C1(C(=O)OC)OC6(C(=O)OC)C2C3CC(c4c3c(OC)c3ccccc3c4OC)C21. The summed E-state index contributed by atoms with van der Waals surface area (Å²) in [7, 11) is 10.1. The molecule has 16 bridgehead atoms. The van der Waals surface area contributed by atoms with E-state index in [9.17, 15) is 0 Å². The second-order valence-corrected chi connectivity index (χ2v) is 25.0. The van der Waals surface area contributed by atoms with Crippen LogP contribution in [-0.4, -0.2) is 156 Å². The van der Waals surface area contributed by atoms with Gasteiger partial charge in [0.15, 0.2) is 22.4 Å². The molecule has 20 unspecified atom stereocenters. The Morgan fingerprint density at radius 2 is 0.654 bits per heavy atom. The van der Waals surface area contributed by atoms with E-state index in [2.05, 4.69) is 0 Å². The predicted molar refractivity (Wildman–Crippen MR) is 264 cm³/mol. The average Bonchev–Trinajstić information content (AvgIpc) is 1.43. The van der Waals surface area contributed by atoms with E-state index in [1.165, 1.54) is 38.2 Å². The van der Waals surface area contributed by atoms with Crippen molar-refractivity contribution in [3.05, 3.63) is 70.8 Å². The number of nitrogens with zero attached hydrogens (tertiary/aromatic N) is 2. The van der Waals surface area contributed by atoms with E-state index in [1.54, 1.807) is 24.3 Å². The number of esters is 4. The Morgan fingerprint density at radius 3 is 0.852 bits per heavy atom. The first-order valence-corrected chi connectivity index (χ1v) is 27.5. The molecule has 0 spiro atoms. The number of hydrogen-bond acceptors (Lipinski definition) is 16. The fourth-order valence-corrected chi connectivity index (χ4v) is 23.8. The second kappa shape index (κ2) is 14.4. The number of hydrogen-bond donors (Lipinski definition) is 0. The van der Waals surface area contributed by atoms with Crippen LogP contribution >= 0.6 is 0 Å². The second-order valence-electron chi connectivity index (χ2n) is 25.0. The van der Waals surface area contributed by atoms with Crippen LogP contribution in [0.2, 0.25) is 0 Å². The molecule has 4 aromatic carbocycles. The van der Waals surface area contributed by atoms with E-state index in [0.717, 1.165) is 28.4 Å². The third kappa shape index (κ3) is 4.28. The predicted octanol–water partition coefficient (Wildman–Crippen LogP) is 6.76. The van der Waals surface area contributed by atoms with Gasteiger partial charge in [0, 0.05) is 115 Å². The van der Waals surface area contributed by atoms with Gasteiger partial charge in [0.25, 0.3) is 0 Å². The van der Waals surface area contributed by atoms with Crippen molar-refractivity contribution in [2.75, 3.05) is 63.5 Å². The van der Waals surface area contributed by atoms with Crippen LogP contribution in [0.25, 0.3) is 21.5 Å². The molecule has 12 fully saturated rings. The minimum absolute atomic E-state index is 0.213.